The van der Waals surface area contributed by atoms with Crippen LogP contribution in [0.3, 0.4) is 0 Å². The topological polar surface area (TPSA) is 41.1 Å². The number of nitrogens with zero attached hydrogens (tertiary/aromatic N) is 3. The molecule has 1 aromatic carbocycles. The van der Waals surface area contributed by atoms with Gasteiger partial charge in [0.15, 0.2) is 0 Å². The molecule has 1 aliphatic heterocycles. The van der Waals surface area contributed by atoms with Crippen molar-refractivity contribution in [3.63, 3.8) is 0 Å². The molecule has 0 unspecified atom stereocenters. The number of rotatable bonds is 4. The minimum absolute atomic E-state index is 0.727. The first-order valence-corrected chi connectivity index (χ1v) is 8.15. The SMILES string of the molecule is CC1CCN(c2nccc(NCc3ccc(Cl)cc3)n2)CC1. The Balaban J connectivity index is 1.62. The van der Waals surface area contributed by atoms with Crippen LogP contribution in [-0.2, 0) is 6.54 Å². The molecule has 2 heterocycles. The highest BCUT2D eigenvalue weighted by atomic mass is 35.5. The molecule has 1 N–H and O–H groups in total. The Morgan fingerprint density at radius 1 is 1.18 bits per heavy atom. The van der Waals surface area contributed by atoms with Gasteiger partial charge < -0.3 is 10.2 Å². The third-order valence-electron chi connectivity index (χ3n) is 4.10. The largest absolute Gasteiger partial charge is 0.366 e. The number of hydrogen-bond acceptors (Lipinski definition) is 4. The van der Waals surface area contributed by atoms with Crippen LogP contribution in [0, 0.1) is 5.92 Å². The van der Waals surface area contributed by atoms with Gasteiger partial charge in [0.1, 0.15) is 5.82 Å². The Labute approximate surface area is 136 Å². The molecule has 1 saturated heterocycles. The molecule has 0 saturated carbocycles. The number of piperidine rings is 1. The Bertz CT molecular complexity index is 606. The van der Waals surface area contributed by atoms with Crippen LogP contribution in [-0.4, -0.2) is 23.1 Å². The zero-order valence-corrected chi connectivity index (χ0v) is 13.6. The summed E-state index contributed by atoms with van der Waals surface area (Å²) in [6.45, 7) is 5.12. The fourth-order valence-corrected chi connectivity index (χ4v) is 2.73. The van der Waals surface area contributed by atoms with E-state index in [1.165, 1.54) is 18.4 Å². The number of aromatic nitrogens is 2. The lowest BCUT2D eigenvalue weighted by molar-refractivity contribution is 0.434. The molecule has 0 radical (unpaired) electrons. The maximum absolute atomic E-state index is 5.90. The summed E-state index contributed by atoms with van der Waals surface area (Å²) in [5, 5.41) is 4.10. The quantitative estimate of drug-likeness (QED) is 0.926. The van der Waals surface area contributed by atoms with E-state index in [-0.39, 0.29) is 0 Å². The fourth-order valence-electron chi connectivity index (χ4n) is 2.60. The molecule has 5 heteroatoms. The first-order chi connectivity index (χ1) is 10.7. The van der Waals surface area contributed by atoms with Crippen molar-refractivity contribution in [3.05, 3.63) is 47.1 Å². The molecule has 2 aromatic rings. The smallest absolute Gasteiger partial charge is 0.227 e. The zero-order valence-electron chi connectivity index (χ0n) is 12.8. The van der Waals surface area contributed by atoms with Crippen molar-refractivity contribution in [2.45, 2.75) is 26.3 Å². The maximum atomic E-state index is 5.90. The van der Waals surface area contributed by atoms with E-state index in [4.69, 9.17) is 11.6 Å². The summed E-state index contributed by atoms with van der Waals surface area (Å²) < 4.78 is 0. The van der Waals surface area contributed by atoms with Crippen molar-refractivity contribution in [1.82, 2.24) is 9.97 Å². The van der Waals surface area contributed by atoms with Gasteiger partial charge in [0.2, 0.25) is 5.95 Å². The van der Waals surface area contributed by atoms with Crippen molar-refractivity contribution in [2.24, 2.45) is 5.92 Å². The van der Waals surface area contributed by atoms with Crippen molar-refractivity contribution < 1.29 is 0 Å². The van der Waals surface area contributed by atoms with Crippen LogP contribution in [0.2, 0.25) is 5.02 Å². The standard InChI is InChI=1S/C17H21ClN4/c1-13-7-10-22(11-8-13)17-19-9-6-16(21-17)20-12-14-2-4-15(18)5-3-14/h2-6,9,13H,7-8,10-12H2,1H3,(H,19,20,21). The van der Waals surface area contributed by atoms with Crippen molar-refractivity contribution in [1.29, 1.82) is 0 Å². The van der Waals surface area contributed by atoms with Gasteiger partial charge in [-0.15, -0.1) is 0 Å². The van der Waals surface area contributed by atoms with Crippen LogP contribution in [0.1, 0.15) is 25.3 Å². The van der Waals surface area contributed by atoms with Gasteiger partial charge in [-0.3, -0.25) is 0 Å². The van der Waals surface area contributed by atoms with Crippen LogP contribution in [0.4, 0.5) is 11.8 Å². The lowest BCUT2D eigenvalue weighted by atomic mass is 10.00. The van der Waals surface area contributed by atoms with Crippen LogP contribution in [0.5, 0.6) is 0 Å². The van der Waals surface area contributed by atoms with Gasteiger partial charge in [-0.2, -0.15) is 4.98 Å². The highest BCUT2D eigenvalue weighted by molar-refractivity contribution is 6.30. The van der Waals surface area contributed by atoms with Gasteiger partial charge in [0.25, 0.3) is 0 Å². The van der Waals surface area contributed by atoms with Crippen molar-refractivity contribution in [2.75, 3.05) is 23.3 Å². The summed E-state index contributed by atoms with van der Waals surface area (Å²) in [7, 11) is 0. The van der Waals surface area contributed by atoms with E-state index in [2.05, 4.69) is 27.1 Å². The zero-order chi connectivity index (χ0) is 15.4. The Morgan fingerprint density at radius 3 is 2.64 bits per heavy atom. The molecule has 1 fully saturated rings. The summed E-state index contributed by atoms with van der Waals surface area (Å²) in [6.07, 6.45) is 4.25. The molecule has 0 amide bonds. The molecule has 1 aromatic heterocycles. The third-order valence-corrected chi connectivity index (χ3v) is 4.35. The monoisotopic (exact) mass is 316 g/mol. The summed E-state index contributed by atoms with van der Waals surface area (Å²) >= 11 is 5.90. The highest BCUT2D eigenvalue weighted by Gasteiger charge is 2.17. The van der Waals surface area contributed by atoms with E-state index < -0.39 is 0 Å². The number of anilines is 2. The van der Waals surface area contributed by atoms with E-state index in [1.54, 1.807) is 0 Å². The fraction of sp³-hybridized carbons (Fsp3) is 0.412. The van der Waals surface area contributed by atoms with Gasteiger partial charge in [-0.1, -0.05) is 30.7 Å². The first kappa shape index (κ1) is 15.1. The summed E-state index contributed by atoms with van der Waals surface area (Å²) in [4.78, 5) is 11.3. The number of nitrogens with one attached hydrogen (secondary N) is 1. The molecule has 0 spiro atoms. The van der Waals surface area contributed by atoms with Crippen LogP contribution < -0.4 is 10.2 Å². The van der Waals surface area contributed by atoms with E-state index in [1.807, 2.05) is 36.5 Å². The lowest BCUT2D eigenvalue weighted by Gasteiger charge is -2.30. The third kappa shape index (κ3) is 3.89. The second kappa shape index (κ2) is 6.97. The molecule has 0 atom stereocenters. The summed E-state index contributed by atoms with van der Waals surface area (Å²) in [5.41, 5.74) is 1.18. The van der Waals surface area contributed by atoms with Gasteiger partial charge >= 0.3 is 0 Å². The molecular formula is C17H21ClN4. The molecule has 0 bridgehead atoms. The Kier molecular flexibility index (Phi) is 4.78. The summed E-state index contributed by atoms with van der Waals surface area (Å²) in [6, 6.07) is 9.75. The van der Waals surface area contributed by atoms with E-state index in [9.17, 15) is 0 Å². The second-order valence-corrected chi connectivity index (χ2v) is 6.33. The van der Waals surface area contributed by atoms with Gasteiger partial charge in [-0.05, 0) is 42.5 Å². The Hall–Kier alpha value is -1.81. The summed E-state index contributed by atoms with van der Waals surface area (Å²) in [5.74, 6) is 2.49. The molecule has 3 rings (SSSR count). The van der Waals surface area contributed by atoms with Crippen molar-refractivity contribution >= 4 is 23.4 Å². The van der Waals surface area contributed by atoms with E-state index in [0.29, 0.717) is 0 Å². The average molecular weight is 317 g/mol. The molecule has 4 nitrogen and oxygen atoms in total. The lowest BCUT2D eigenvalue weighted by Crippen LogP contribution is -2.34. The predicted molar refractivity (Wildman–Crippen MR) is 91.4 cm³/mol. The predicted octanol–water partition coefficient (Wildman–Crippen LogP) is 3.98. The molecule has 22 heavy (non-hydrogen) atoms. The number of hydrogen-bond donors (Lipinski definition) is 1. The molecule has 1 aliphatic rings. The van der Waals surface area contributed by atoms with Gasteiger partial charge in [0, 0.05) is 30.9 Å². The maximum Gasteiger partial charge on any atom is 0.227 e. The van der Waals surface area contributed by atoms with Crippen LogP contribution in [0.15, 0.2) is 36.5 Å². The van der Waals surface area contributed by atoms with Crippen LogP contribution >= 0.6 is 11.6 Å². The van der Waals surface area contributed by atoms with E-state index >= 15 is 0 Å². The molecule has 116 valence electrons. The van der Waals surface area contributed by atoms with E-state index in [0.717, 1.165) is 42.3 Å². The normalized spacial score (nSPS) is 15.8. The average Bonchev–Trinajstić information content (AvgIpc) is 2.55. The molecular weight excluding hydrogens is 296 g/mol. The number of benzene rings is 1. The van der Waals surface area contributed by atoms with Crippen LogP contribution in [0.25, 0.3) is 0 Å². The minimum atomic E-state index is 0.727. The first-order valence-electron chi connectivity index (χ1n) is 7.77. The highest BCUT2D eigenvalue weighted by Crippen LogP contribution is 2.20. The van der Waals surface area contributed by atoms with Crippen molar-refractivity contribution in [3.8, 4) is 0 Å². The number of halogens is 1. The van der Waals surface area contributed by atoms with Gasteiger partial charge in [-0.25, -0.2) is 4.98 Å². The molecule has 0 aliphatic carbocycles. The van der Waals surface area contributed by atoms with Gasteiger partial charge in [0.05, 0.1) is 0 Å². The Morgan fingerprint density at radius 2 is 1.91 bits per heavy atom. The minimum Gasteiger partial charge on any atom is -0.366 e. The second-order valence-electron chi connectivity index (χ2n) is 5.89.